The van der Waals surface area contributed by atoms with Crippen LogP contribution in [0.25, 0.3) is 11.0 Å². The van der Waals surface area contributed by atoms with E-state index in [9.17, 15) is 9.59 Å². The number of para-hydroxylation sites is 2. The summed E-state index contributed by atoms with van der Waals surface area (Å²) in [4.78, 5) is 30.2. The first-order valence-corrected chi connectivity index (χ1v) is 9.33. The van der Waals surface area contributed by atoms with Crippen molar-refractivity contribution in [3.63, 3.8) is 0 Å². The van der Waals surface area contributed by atoms with Crippen LogP contribution in [0, 0.1) is 0 Å². The highest BCUT2D eigenvalue weighted by Crippen LogP contribution is 2.29. The predicted octanol–water partition coefficient (Wildman–Crippen LogP) is 2.82. The van der Waals surface area contributed by atoms with Gasteiger partial charge in [0.2, 0.25) is 0 Å². The Morgan fingerprint density at radius 1 is 1.07 bits per heavy atom. The Hall–Kier alpha value is -3.22. The number of fused-ring (bicyclic) bond motifs is 1. The van der Waals surface area contributed by atoms with E-state index in [0.29, 0.717) is 30.2 Å². The molecular weight excluding hydrogens is 358 g/mol. The summed E-state index contributed by atoms with van der Waals surface area (Å²) in [7, 11) is 3.12. The monoisotopic (exact) mass is 381 g/mol. The van der Waals surface area contributed by atoms with Gasteiger partial charge in [-0.05, 0) is 43.2 Å². The van der Waals surface area contributed by atoms with Gasteiger partial charge in [-0.15, -0.1) is 0 Å². The van der Waals surface area contributed by atoms with Crippen LogP contribution in [0.2, 0.25) is 0 Å². The van der Waals surface area contributed by atoms with Crippen molar-refractivity contribution in [2.45, 2.75) is 18.9 Å². The van der Waals surface area contributed by atoms with Crippen LogP contribution in [0.15, 0.2) is 47.3 Å². The smallest absolute Gasteiger partial charge is 0.326 e. The third-order valence-corrected chi connectivity index (χ3v) is 5.38. The molecule has 3 aromatic rings. The van der Waals surface area contributed by atoms with E-state index < -0.39 is 0 Å². The molecule has 1 aromatic heterocycles. The Morgan fingerprint density at radius 3 is 2.54 bits per heavy atom. The number of aromatic nitrogens is 2. The Morgan fingerprint density at radius 2 is 1.82 bits per heavy atom. The summed E-state index contributed by atoms with van der Waals surface area (Å²) in [6, 6.07) is 13.0. The number of methoxy groups -OCH3 is 2. The first-order valence-electron chi connectivity index (χ1n) is 9.33. The van der Waals surface area contributed by atoms with Gasteiger partial charge in [-0.1, -0.05) is 12.1 Å². The molecule has 146 valence electrons. The first kappa shape index (κ1) is 18.2. The van der Waals surface area contributed by atoms with Crippen LogP contribution in [-0.4, -0.2) is 47.7 Å². The van der Waals surface area contributed by atoms with Gasteiger partial charge in [0.05, 0.1) is 30.8 Å². The highest BCUT2D eigenvalue weighted by molar-refractivity contribution is 5.97. The molecule has 1 saturated heterocycles. The van der Waals surface area contributed by atoms with Crippen molar-refractivity contribution in [1.82, 2.24) is 14.5 Å². The molecular formula is C21H23N3O4. The minimum atomic E-state index is -0.0968. The van der Waals surface area contributed by atoms with E-state index in [4.69, 9.17) is 9.47 Å². The zero-order chi connectivity index (χ0) is 19.7. The van der Waals surface area contributed by atoms with Gasteiger partial charge in [0.1, 0.15) is 11.5 Å². The average molecular weight is 381 g/mol. The molecule has 7 heteroatoms. The standard InChI is InChI=1S/C21H23N3O4/c1-27-15-7-8-19(28-2)16(13-15)20(25)23-11-9-14(10-12-23)24-18-6-4-3-5-17(18)22-21(24)26/h3-8,13-14H,9-12H2,1-2H3,(H,22,26). The van der Waals surface area contributed by atoms with Gasteiger partial charge in [0.25, 0.3) is 5.91 Å². The first-order chi connectivity index (χ1) is 13.6. The van der Waals surface area contributed by atoms with Crippen molar-refractivity contribution in [3.05, 3.63) is 58.5 Å². The number of hydrogen-bond donors (Lipinski definition) is 1. The highest BCUT2D eigenvalue weighted by Gasteiger charge is 2.28. The summed E-state index contributed by atoms with van der Waals surface area (Å²) in [5.74, 6) is 1.06. The third kappa shape index (κ3) is 3.13. The van der Waals surface area contributed by atoms with E-state index in [-0.39, 0.29) is 17.6 Å². The van der Waals surface area contributed by atoms with Gasteiger partial charge < -0.3 is 19.4 Å². The second-order valence-corrected chi connectivity index (χ2v) is 6.91. The number of ether oxygens (including phenoxy) is 2. The summed E-state index contributed by atoms with van der Waals surface area (Å²) < 4.78 is 12.4. The van der Waals surface area contributed by atoms with Crippen LogP contribution in [0.3, 0.4) is 0 Å². The van der Waals surface area contributed by atoms with Crippen LogP contribution in [0.4, 0.5) is 0 Å². The molecule has 28 heavy (non-hydrogen) atoms. The van der Waals surface area contributed by atoms with E-state index in [2.05, 4.69) is 4.98 Å². The van der Waals surface area contributed by atoms with Crippen molar-refractivity contribution < 1.29 is 14.3 Å². The third-order valence-electron chi connectivity index (χ3n) is 5.38. The number of carbonyl (C=O) groups excluding carboxylic acids is 1. The largest absolute Gasteiger partial charge is 0.497 e. The Kier molecular flexibility index (Phi) is 4.81. The van der Waals surface area contributed by atoms with Crippen LogP contribution in [-0.2, 0) is 0 Å². The van der Waals surface area contributed by atoms with Crippen molar-refractivity contribution in [3.8, 4) is 11.5 Å². The highest BCUT2D eigenvalue weighted by atomic mass is 16.5. The van der Waals surface area contributed by atoms with Crippen LogP contribution < -0.4 is 15.2 Å². The van der Waals surface area contributed by atoms with Gasteiger partial charge in [0, 0.05) is 19.1 Å². The molecule has 4 rings (SSSR count). The molecule has 0 radical (unpaired) electrons. The number of carbonyl (C=O) groups is 1. The lowest BCUT2D eigenvalue weighted by Gasteiger charge is -2.33. The molecule has 1 fully saturated rings. The number of amides is 1. The van der Waals surface area contributed by atoms with Crippen molar-refractivity contribution in [1.29, 1.82) is 0 Å². The molecule has 1 N–H and O–H groups in total. The SMILES string of the molecule is COc1ccc(OC)c(C(=O)N2CCC(n3c(=O)[nH]c4ccccc43)CC2)c1. The Bertz CT molecular complexity index is 1060. The van der Waals surface area contributed by atoms with Crippen LogP contribution in [0.1, 0.15) is 29.2 Å². The minimum absolute atomic E-state index is 0.0694. The zero-order valence-electron chi connectivity index (χ0n) is 16.0. The number of aromatic amines is 1. The molecule has 7 nitrogen and oxygen atoms in total. The fraction of sp³-hybridized carbons (Fsp3) is 0.333. The average Bonchev–Trinajstić information content (AvgIpc) is 3.08. The second kappa shape index (κ2) is 7.42. The van der Waals surface area contributed by atoms with Crippen LogP contribution in [0.5, 0.6) is 11.5 Å². The lowest BCUT2D eigenvalue weighted by atomic mass is 10.0. The molecule has 0 saturated carbocycles. The number of likely N-dealkylation sites (tertiary alicyclic amines) is 1. The lowest BCUT2D eigenvalue weighted by Crippen LogP contribution is -2.40. The maximum Gasteiger partial charge on any atom is 0.326 e. The van der Waals surface area contributed by atoms with Gasteiger partial charge in [-0.2, -0.15) is 0 Å². The number of benzene rings is 2. The zero-order valence-corrected chi connectivity index (χ0v) is 16.0. The molecule has 2 aromatic carbocycles. The minimum Gasteiger partial charge on any atom is -0.497 e. The van der Waals surface area contributed by atoms with Crippen molar-refractivity contribution in [2.75, 3.05) is 27.3 Å². The number of imidazole rings is 1. The summed E-state index contributed by atoms with van der Waals surface area (Å²) in [5.41, 5.74) is 2.14. The normalized spacial score (nSPS) is 15.0. The Balaban J connectivity index is 1.54. The summed E-state index contributed by atoms with van der Waals surface area (Å²) in [6.07, 6.45) is 1.44. The van der Waals surface area contributed by atoms with E-state index in [1.807, 2.05) is 33.7 Å². The maximum atomic E-state index is 13.0. The van der Waals surface area contributed by atoms with E-state index in [1.165, 1.54) is 0 Å². The summed E-state index contributed by atoms with van der Waals surface area (Å²) >= 11 is 0. The van der Waals surface area contributed by atoms with E-state index in [1.54, 1.807) is 32.4 Å². The quantitative estimate of drug-likeness (QED) is 0.754. The molecule has 1 aliphatic heterocycles. The fourth-order valence-electron chi connectivity index (χ4n) is 3.92. The molecule has 1 amide bonds. The molecule has 0 aliphatic carbocycles. The van der Waals surface area contributed by atoms with Crippen LogP contribution >= 0.6 is 0 Å². The number of piperidine rings is 1. The second-order valence-electron chi connectivity index (χ2n) is 6.91. The molecule has 1 aliphatic rings. The summed E-state index contributed by atoms with van der Waals surface area (Å²) in [6.45, 7) is 1.16. The topological polar surface area (TPSA) is 76.6 Å². The van der Waals surface area contributed by atoms with E-state index >= 15 is 0 Å². The Labute approximate surface area is 162 Å². The molecule has 0 spiro atoms. The van der Waals surface area contributed by atoms with Crippen molar-refractivity contribution >= 4 is 16.9 Å². The van der Waals surface area contributed by atoms with Gasteiger partial charge in [-0.25, -0.2) is 4.79 Å². The number of nitrogens with zero attached hydrogens (tertiary/aromatic N) is 2. The van der Waals surface area contributed by atoms with Gasteiger partial charge >= 0.3 is 5.69 Å². The van der Waals surface area contributed by atoms with Gasteiger partial charge in [0.15, 0.2) is 0 Å². The number of hydrogen-bond acceptors (Lipinski definition) is 4. The number of H-pyrrole nitrogens is 1. The number of rotatable bonds is 4. The molecule has 2 heterocycles. The van der Waals surface area contributed by atoms with E-state index in [0.717, 1.165) is 23.9 Å². The predicted molar refractivity (Wildman–Crippen MR) is 106 cm³/mol. The molecule has 0 unspecified atom stereocenters. The summed E-state index contributed by atoms with van der Waals surface area (Å²) in [5, 5.41) is 0. The van der Waals surface area contributed by atoms with Gasteiger partial charge in [-0.3, -0.25) is 9.36 Å². The fourth-order valence-corrected chi connectivity index (χ4v) is 3.92. The molecule has 0 bridgehead atoms. The lowest BCUT2D eigenvalue weighted by molar-refractivity contribution is 0.0691. The molecule has 0 atom stereocenters. The number of nitrogens with one attached hydrogen (secondary N) is 1. The van der Waals surface area contributed by atoms with Crippen molar-refractivity contribution in [2.24, 2.45) is 0 Å². The maximum absolute atomic E-state index is 13.0.